The molecule has 0 bridgehead atoms. The monoisotopic (exact) mass is 260 g/mol. The molecule has 0 saturated carbocycles. The van der Waals surface area contributed by atoms with E-state index in [1.807, 2.05) is 23.9 Å². The lowest BCUT2D eigenvalue weighted by atomic mass is 10.3. The second-order valence-electron chi connectivity index (χ2n) is 4.06. The first-order valence-electron chi connectivity index (χ1n) is 5.87. The summed E-state index contributed by atoms with van der Waals surface area (Å²) in [4.78, 5) is 15.7. The van der Waals surface area contributed by atoms with Gasteiger partial charge in [0.25, 0.3) is 5.91 Å². The van der Waals surface area contributed by atoms with E-state index in [0.29, 0.717) is 18.0 Å². The lowest BCUT2D eigenvalue weighted by Crippen LogP contribution is -2.29. The van der Waals surface area contributed by atoms with Crippen molar-refractivity contribution < 1.29 is 9.53 Å². The predicted molar refractivity (Wildman–Crippen MR) is 71.4 cm³/mol. The standard InChI is InChI=1S/C13H16N4O2/c1-17-7-6-15-12(17)8-16-13(18)9-19-11-5-3-2-4-10(11)14/h2-7H,8-9,14H2,1H3,(H,16,18). The quantitative estimate of drug-likeness (QED) is 0.775. The van der Waals surface area contributed by atoms with Crippen molar-refractivity contribution in [1.82, 2.24) is 14.9 Å². The number of carbonyl (C=O) groups excluding carboxylic acids is 1. The first-order chi connectivity index (χ1) is 9.16. The highest BCUT2D eigenvalue weighted by atomic mass is 16.5. The molecule has 1 aromatic carbocycles. The van der Waals surface area contributed by atoms with Crippen LogP contribution in [0.4, 0.5) is 5.69 Å². The van der Waals surface area contributed by atoms with Crippen molar-refractivity contribution in [3.05, 3.63) is 42.5 Å². The normalized spacial score (nSPS) is 10.2. The van der Waals surface area contributed by atoms with Crippen LogP contribution in [0.1, 0.15) is 5.82 Å². The van der Waals surface area contributed by atoms with Crippen LogP contribution in [0.15, 0.2) is 36.7 Å². The highest BCUT2D eigenvalue weighted by molar-refractivity contribution is 5.77. The number of anilines is 1. The average Bonchev–Trinajstić information content (AvgIpc) is 2.81. The number of nitrogens with zero attached hydrogens (tertiary/aromatic N) is 2. The zero-order valence-corrected chi connectivity index (χ0v) is 10.7. The number of imidazole rings is 1. The third-order valence-electron chi connectivity index (χ3n) is 2.64. The van der Waals surface area contributed by atoms with Gasteiger partial charge in [-0.2, -0.15) is 0 Å². The van der Waals surface area contributed by atoms with E-state index < -0.39 is 0 Å². The maximum Gasteiger partial charge on any atom is 0.258 e. The first kappa shape index (κ1) is 12.9. The Morgan fingerprint density at radius 1 is 1.47 bits per heavy atom. The van der Waals surface area contributed by atoms with Gasteiger partial charge in [0, 0.05) is 19.4 Å². The van der Waals surface area contributed by atoms with Gasteiger partial charge in [-0.15, -0.1) is 0 Å². The fourth-order valence-corrected chi connectivity index (χ4v) is 1.55. The minimum Gasteiger partial charge on any atom is -0.482 e. The lowest BCUT2D eigenvalue weighted by Gasteiger charge is -2.09. The zero-order chi connectivity index (χ0) is 13.7. The van der Waals surface area contributed by atoms with Crippen LogP contribution in [0.25, 0.3) is 0 Å². The Morgan fingerprint density at radius 3 is 2.95 bits per heavy atom. The van der Waals surface area contributed by atoms with Gasteiger partial charge >= 0.3 is 0 Å². The minimum atomic E-state index is -0.216. The second-order valence-corrected chi connectivity index (χ2v) is 4.06. The second kappa shape index (κ2) is 5.90. The van der Waals surface area contributed by atoms with E-state index in [1.54, 1.807) is 24.4 Å². The Hall–Kier alpha value is -2.50. The van der Waals surface area contributed by atoms with Gasteiger partial charge in [-0.3, -0.25) is 4.79 Å². The predicted octanol–water partition coefficient (Wildman–Crippen LogP) is 0.697. The van der Waals surface area contributed by atoms with E-state index in [1.165, 1.54) is 0 Å². The molecule has 3 N–H and O–H groups in total. The maximum atomic E-state index is 11.6. The van der Waals surface area contributed by atoms with Crippen LogP contribution in [-0.4, -0.2) is 22.1 Å². The van der Waals surface area contributed by atoms with Gasteiger partial charge in [0.15, 0.2) is 6.61 Å². The Bertz CT molecular complexity index is 565. The number of benzene rings is 1. The molecule has 0 spiro atoms. The van der Waals surface area contributed by atoms with E-state index >= 15 is 0 Å². The van der Waals surface area contributed by atoms with Crippen LogP contribution in [-0.2, 0) is 18.4 Å². The molecule has 0 fully saturated rings. The van der Waals surface area contributed by atoms with E-state index in [2.05, 4.69) is 10.3 Å². The smallest absolute Gasteiger partial charge is 0.258 e. The molecule has 0 unspecified atom stereocenters. The van der Waals surface area contributed by atoms with Crippen molar-refractivity contribution in [3.63, 3.8) is 0 Å². The number of aryl methyl sites for hydroxylation is 1. The first-order valence-corrected chi connectivity index (χ1v) is 5.87. The number of nitrogens with two attached hydrogens (primary N) is 1. The lowest BCUT2D eigenvalue weighted by molar-refractivity contribution is -0.123. The SMILES string of the molecule is Cn1ccnc1CNC(=O)COc1ccccc1N. The summed E-state index contributed by atoms with van der Waals surface area (Å²) in [6, 6.07) is 7.06. The number of carbonyl (C=O) groups is 1. The van der Waals surface area contributed by atoms with Gasteiger partial charge in [0.2, 0.25) is 0 Å². The Balaban J connectivity index is 1.79. The van der Waals surface area contributed by atoms with Crippen LogP contribution in [0.2, 0.25) is 0 Å². The van der Waals surface area contributed by atoms with Crippen LogP contribution in [0, 0.1) is 0 Å². The molecule has 1 heterocycles. The number of para-hydroxylation sites is 2. The summed E-state index contributed by atoms with van der Waals surface area (Å²) in [5.74, 6) is 1.08. The zero-order valence-electron chi connectivity index (χ0n) is 10.7. The van der Waals surface area contributed by atoms with Crippen molar-refractivity contribution in [2.75, 3.05) is 12.3 Å². The molecular weight excluding hydrogens is 244 g/mol. The van der Waals surface area contributed by atoms with Crippen LogP contribution in [0.3, 0.4) is 0 Å². The summed E-state index contributed by atoms with van der Waals surface area (Å²) in [6.07, 6.45) is 3.51. The summed E-state index contributed by atoms with van der Waals surface area (Å²) >= 11 is 0. The topological polar surface area (TPSA) is 82.2 Å². The summed E-state index contributed by atoms with van der Waals surface area (Å²) in [7, 11) is 1.87. The Morgan fingerprint density at radius 2 is 2.26 bits per heavy atom. The minimum absolute atomic E-state index is 0.0708. The van der Waals surface area contributed by atoms with E-state index in [0.717, 1.165) is 5.82 Å². The summed E-state index contributed by atoms with van der Waals surface area (Å²) in [6.45, 7) is 0.300. The van der Waals surface area contributed by atoms with Crippen molar-refractivity contribution in [1.29, 1.82) is 0 Å². The highest BCUT2D eigenvalue weighted by Gasteiger charge is 2.06. The van der Waals surface area contributed by atoms with Crippen molar-refractivity contribution in [3.8, 4) is 5.75 Å². The summed E-state index contributed by atoms with van der Waals surface area (Å²) in [5, 5.41) is 2.73. The van der Waals surface area contributed by atoms with Gasteiger partial charge in [0.05, 0.1) is 12.2 Å². The molecule has 0 saturated heterocycles. The van der Waals surface area contributed by atoms with E-state index in [-0.39, 0.29) is 12.5 Å². The third kappa shape index (κ3) is 3.48. The van der Waals surface area contributed by atoms with Crippen LogP contribution < -0.4 is 15.8 Å². The molecule has 6 heteroatoms. The number of nitrogens with one attached hydrogen (secondary N) is 1. The molecule has 100 valence electrons. The molecule has 2 aromatic rings. The third-order valence-corrected chi connectivity index (χ3v) is 2.64. The molecule has 0 aliphatic rings. The van der Waals surface area contributed by atoms with E-state index in [9.17, 15) is 4.79 Å². The molecule has 0 aliphatic heterocycles. The van der Waals surface area contributed by atoms with Crippen LogP contribution in [0.5, 0.6) is 5.75 Å². The molecule has 6 nitrogen and oxygen atoms in total. The molecule has 1 aromatic heterocycles. The van der Waals surface area contributed by atoms with Crippen molar-refractivity contribution >= 4 is 11.6 Å². The fourth-order valence-electron chi connectivity index (χ4n) is 1.55. The van der Waals surface area contributed by atoms with Crippen molar-refractivity contribution in [2.24, 2.45) is 7.05 Å². The number of rotatable bonds is 5. The summed E-state index contributed by atoms with van der Waals surface area (Å²) in [5.41, 5.74) is 6.22. The molecule has 0 radical (unpaired) electrons. The molecule has 2 rings (SSSR count). The van der Waals surface area contributed by atoms with Gasteiger partial charge in [0.1, 0.15) is 11.6 Å². The molecule has 1 amide bonds. The van der Waals surface area contributed by atoms with Gasteiger partial charge in [-0.25, -0.2) is 4.98 Å². The fraction of sp³-hybridized carbons (Fsp3) is 0.231. The van der Waals surface area contributed by atoms with Gasteiger partial charge in [-0.1, -0.05) is 12.1 Å². The Labute approximate surface area is 111 Å². The summed E-state index contributed by atoms with van der Waals surface area (Å²) < 4.78 is 7.18. The Kier molecular flexibility index (Phi) is 4.02. The number of hydrogen-bond donors (Lipinski definition) is 2. The van der Waals surface area contributed by atoms with Crippen LogP contribution >= 0.6 is 0 Å². The number of ether oxygens (including phenoxy) is 1. The molecule has 0 atom stereocenters. The largest absolute Gasteiger partial charge is 0.482 e. The molecular formula is C13H16N4O2. The van der Waals surface area contributed by atoms with E-state index in [4.69, 9.17) is 10.5 Å². The number of aromatic nitrogens is 2. The number of hydrogen-bond acceptors (Lipinski definition) is 4. The van der Waals surface area contributed by atoms with Crippen molar-refractivity contribution in [2.45, 2.75) is 6.54 Å². The molecule has 0 aliphatic carbocycles. The average molecular weight is 260 g/mol. The molecule has 19 heavy (non-hydrogen) atoms. The van der Waals surface area contributed by atoms with Gasteiger partial charge < -0.3 is 20.4 Å². The number of nitrogen functional groups attached to an aromatic ring is 1. The number of amides is 1. The highest BCUT2D eigenvalue weighted by Crippen LogP contribution is 2.19. The maximum absolute atomic E-state index is 11.6. The van der Waals surface area contributed by atoms with Gasteiger partial charge in [-0.05, 0) is 12.1 Å².